The first-order valence-corrected chi connectivity index (χ1v) is 8.64. The van der Waals surface area contributed by atoms with Crippen LogP contribution in [0, 0.1) is 11.3 Å². The summed E-state index contributed by atoms with van der Waals surface area (Å²) in [5, 5.41) is 9.25. The van der Waals surface area contributed by atoms with E-state index in [0.29, 0.717) is 0 Å². The molecule has 0 unspecified atom stereocenters. The van der Waals surface area contributed by atoms with Gasteiger partial charge < -0.3 is 4.42 Å². The summed E-state index contributed by atoms with van der Waals surface area (Å²) >= 11 is 0. The summed E-state index contributed by atoms with van der Waals surface area (Å²) in [5.74, 6) is -0.815. The number of hydrogen-bond acceptors (Lipinski definition) is 4. The predicted molar refractivity (Wildman–Crippen MR) is 97.8 cm³/mol. The molecule has 0 saturated carbocycles. The Labute approximate surface area is 164 Å². The Bertz CT molecular complexity index is 1100. The van der Waals surface area contributed by atoms with Gasteiger partial charge in [0, 0.05) is 17.7 Å². The lowest BCUT2D eigenvalue weighted by atomic mass is 9.95. The normalized spacial score (nSPS) is 16.6. The van der Waals surface area contributed by atoms with Crippen molar-refractivity contribution in [3.63, 3.8) is 0 Å². The van der Waals surface area contributed by atoms with Crippen LogP contribution in [-0.2, 0) is 15.8 Å². The fourth-order valence-electron chi connectivity index (χ4n) is 2.99. The lowest BCUT2D eigenvalue weighted by Gasteiger charge is -2.25. The van der Waals surface area contributed by atoms with Crippen molar-refractivity contribution in [3.8, 4) is 17.4 Å². The lowest BCUT2D eigenvalue weighted by molar-refractivity contribution is -0.140. The zero-order valence-corrected chi connectivity index (χ0v) is 15.5. The van der Waals surface area contributed by atoms with Crippen LogP contribution in [0.4, 0.5) is 13.2 Å². The minimum atomic E-state index is -4.48. The van der Waals surface area contributed by atoms with E-state index in [9.17, 15) is 28.0 Å². The van der Waals surface area contributed by atoms with E-state index in [4.69, 9.17) is 4.42 Å². The summed E-state index contributed by atoms with van der Waals surface area (Å²) in [6.45, 7) is 3.20. The van der Waals surface area contributed by atoms with E-state index in [-0.39, 0.29) is 40.3 Å². The molecule has 1 aromatic heterocycles. The van der Waals surface area contributed by atoms with Crippen LogP contribution in [-0.4, -0.2) is 23.3 Å². The summed E-state index contributed by atoms with van der Waals surface area (Å²) in [4.78, 5) is 25.7. The minimum absolute atomic E-state index is 0.0983. The number of carbonyl (C=O) groups is 2. The molecular weight excluding hydrogens is 385 g/mol. The van der Waals surface area contributed by atoms with E-state index in [1.807, 2.05) is 6.07 Å². The Hall–Kier alpha value is -3.60. The van der Waals surface area contributed by atoms with Gasteiger partial charge in [-0.3, -0.25) is 14.5 Å². The SMILES string of the molecule is CCN1C(=O)C(C#N)=C(C)/C(=C\c2ccc(-c3cccc(C(F)(F)F)c3)o2)C1=O. The van der Waals surface area contributed by atoms with Gasteiger partial charge in [0.2, 0.25) is 0 Å². The van der Waals surface area contributed by atoms with Gasteiger partial charge in [-0.1, -0.05) is 12.1 Å². The van der Waals surface area contributed by atoms with Gasteiger partial charge >= 0.3 is 6.18 Å². The molecule has 29 heavy (non-hydrogen) atoms. The van der Waals surface area contributed by atoms with Gasteiger partial charge in [0.25, 0.3) is 11.8 Å². The maximum absolute atomic E-state index is 12.9. The number of furan rings is 1. The number of imide groups is 1. The Morgan fingerprint density at radius 1 is 1.17 bits per heavy atom. The molecule has 3 rings (SSSR count). The van der Waals surface area contributed by atoms with E-state index in [1.54, 1.807) is 6.92 Å². The minimum Gasteiger partial charge on any atom is -0.457 e. The maximum Gasteiger partial charge on any atom is 0.416 e. The van der Waals surface area contributed by atoms with Crippen LogP contribution in [0.5, 0.6) is 0 Å². The van der Waals surface area contributed by atoms with Gasteiger partial charge in [0.05, 0.1) is 5.56 Å². The number of nitriles is 1. The van der Waals surface area contributed by atoms with Crippen molar-refractivity contribution in [2.45, 2.75) is 20.0 Å². The van der Waals surface area contributed by atoms with Gasteiger partial charge in [-0.2, -0.15) is 18.4 Å². The third-order valence-corrected chi connectivity index (χ3v) is 4.53. The second-order valence-electron chi connectivity index (χ2n) is 6.30. The molecule has 148 valence electrons. The molecule has 0 bridgehead atoms. The summed E-state index contributed by atoms with van der Waals surface area (Å²) in [6, 6.07) is 9.49. The third-order valence-electron chi connectivity index (χ3n) is 4.53. The summed E-state index contributed by atoms with van der Waals surface area (Å²) in [7, 11) is 0. The monoisotopic (exact) mass is 400 g/mol. The molecule has 8 heteroatoms. The van der Waals surface area contributed by atoms with Gasteiger partial charge in [-0.15, -0.1) is 0 Å². The molecule has 0 N–H and O–H groups in total. The highest BCUT2D eigenvalue weighted by Gasteiger charge is 2.34. The summed E-state index contributed by atoms with van der Waals surface area (Å²) < 4.78 is 44.3. The van der Waals surface area contributed by atoms with Crippen LogP contribution in [0.2, 0.25) is 0 Å². The number of amides is 2. The largest absolute Gasteiger partial charge is 0.457 e. The van der Waals surface area contributed by atoms with E-state index in [1.165, 1.54) is 37.3 Å². The molecule has 0 atom stereocenters. The number of hydrogen-bond donors (Lipinski definition) is 0. The number of halogens is 3. The molecule has 5 nitrogen and oxygen atoms in total. The van der Waals surface area contributed by atoms with Crippen molar-refractivity contribution in [1.29, 1.82) is 5.26 Å². The van der Waals surface area contributed by atoms with Crippen molar-refractivity contribution in [3.05, 3.63) is 64.4 Å². The first-order chi connectivity index (χ1) is 13.7. The van der Waals surface area contributed by atoms with E-state index in [0.717, 1.165) is 17.0 Å². The average Bonchev–Trinajstić information content (AvgIpc) is 3.14. The van der Waals surface area contributed by atoms with Crippen LogP contribution in [0.3, 0.4) is 0 Å². The predicted octanol–water partition coefficient (Wildman–Crippen LogP) is 4.58. The number of nitrogens with zero attached hydrogens (tertiary/aromatic N) is 2. The van der Waals surface area contributed by atoms with Gasteiger partial charge in [-0.05, 0) is 49.8 Å². The van der Waals surface area contributed by atoms with Crippen molar-refractivity contribution in [1.82, 2.24) is 4.90 Å². The second-order valence-corrected chi connectivity index (χ2v) is 6.30. The molecule has 2 amide bonds. The van der Waals surface area contributed by atoms with E-state index in [2.05, 4.69) is 0 Å². The number of rotatable bonds is 3. The summed E-state index contributed by atoms with van der Waals surface area (Å²) in [5.41, 5.74) is -0.363. The highest BCUT2D eigenvalue weighted by Crippen LogP contribution is 2.33. The molecule has 1 aliphatic heterocycles. The van der Waals surface area contributed by atoms with Gasteiger partial charge in [0.1, 0.15) is 23.2 Å². The van der Waals surface area contributed by atoms with Crippen molar-refractivity contribution < 1.29 is 27.2 Å². The first kappa shape index (κ1) is 20.1. The van der Waals surface area contributed by atoms with Gasteiger partial charge in [-0.25, -0.2) is 0 Å². The quantitative estimate of drug-likeness (QED) is 0.558. The third kappa shape index (κ3) is 3.72. The molecular formula is C21H15F3N2O3. The zero-order valence-electron chi connectivity index (χ0n) is 15.5. The molecule has 0 fully saturated rings. The maximum atomic E-state index is 12.9. The topological polar surface area (TPSA) is 74.3 Å². The highest BCUT2D eigenvalue weighted by atomic mass is 19.4. The Morgan fingerprint density at radius 2 is 1.90 bits per heavy atom. The van der Waals surface area contributed by atoms with Crippen molar-refractivity contribution in [2.75, 3.05) is 6.54 Å². The van der Waals surface area contributed by atoms with E-state index >= 15 is 0 Å². The van der Waals surface area contributed by atoms with E-state index < -0.39 is 23.6 Å². The van der Waals surface area contributed by atoms with Crippen molar-refractivity contribution >= 4 is 17.9 Å². The standard InChI is InChI=1S/C21H15F3N2O3/c1-3-26-19(27)16(12(2)17(11-25)20(26)28)10-15-7-8-18(29-15)13-5-4-6-14(9-13)21(22,23)24/h4-10H,3H2,1-2H3/b16-10+. The molecule has 0 saturated heterocycles. The Balaban J connectivity index is 2.02. The number of benzene rings is 1. The molecule has 0 spiro atoms. The average molecular weight is 400 g/mol. The van der Waals surface area contributed by atoms with Crippen LogP contribution in [0.25, 0.3) is 17.4 Å². The highest BCUT2D eigenvalue weighted by molar-refractivity contribution is 6.19. The van der Waals surface area contributed by atoms with Crippen LogP contribution in [0.1, 0.15) is 25.2 Å². The Morgan fingerprint density at radius 3 is 2.52 bits per heavy atom. The molecule has 1 aliphatic rings. The van der Waals surface area contributed by atoms with Crippen LogP contribution in [0.15, 0.2) is 57.5 Å². The molecule has 2 heterocycles. The second kappa shape index (κ2) is 7.43. The molecule has 2 aromatic rings. The number of alkyl halides is 3. The van der Waals surface area contributed by atoms with Crippen LogP contribution >= 0.6 is 0 Å². The Kier molecular flexibility index (Phi) is 5.16. The smallest absolute Gasteiger partial charge is 0.416 e. The van der Waals surface area contributed by atoms with Crippen LogP contribution < -0.4 is 0 Å². The summed E-state index contributed by atoms with van der Waals surface area (Å²) in [6.07, 6.45) is -3.10. The fraction of sp³-hybridized carbons (Fsp3) is 0.190. The molecule has 1 aromatic carbocycles. The van der Waals surface area contributed by atoms with Gasteiger partial charge in [0.15, 0.2) is 0 Å². The zero-order chi connectivity index (χ0) is 21.3. The number of carbonyl (C=O) groups excluding carboxylic acids is 2. The molecule has 0 radical (unpaired) electrons. The number of likely N-dealkylation sites (N-methyl/N-ethyl adjacent to an activating group) is 1. The lowest BCUT2D eigenvalue weighted by Crippen LogP contribution is -2.42. The molecule has 0 aliphatic carbocycles. The first-order valence-electron chi connectivity index (χ1n) is 8.64. The fourth-order valence-corrected chi connectivity index (χ4v) is 2.99. The van der Waals surface area contributed by atoms with Crippen molar-refractivity contribution in [2.24, 2.45) is 0 Å².